The lowest BCUT2D eigenvalue weighted by atomic mass is 9.62. The Morgan fingerprint density at radius 1 is 1.21 bits per heavy atom. The van der Waals surface area contributed by atoms with Crippen molar-refractivity contribution >= 4 is 25.5 Å². The quantitative estimate of drug-likeness (QED) is 0.511. The fourth-order valence-corrected chi connectivity index (χ4v) is 2.64. The summed E-state index contributed by atoms with van der Waals surface area (Å²) in [6.45, 7) is 2.19. The van der Waals surface area contributed by atoms with Crippen LogP contribution >= 0.6 is 12.6 Å². The van der Waals surface area contributed by atoms with Crippen molar-refractivity contribution in [3.8, 4) is 0 Å². The first-order valence-corrected chi connectivity index (χ1v) is 8.38. The number of hydrogen-bond donors (Lipinski definition) is 2. The van der Waals surface area contributed by atoms with Gasteiger partial charge >= 0.3 is 12.9 Å². The van der Waals surface area contributed by atoms with Crippen molar-refractivity contribution in [3.05, 3.63) is 65.7 Å². The molecule has 3 rings (SSSR count). The van der Waals surface area contributed by atoms with Crippen molar-refractivity contribution in [2.75, 3.05) is 26.7 Å². The molecule has 0 aromatic heterocycles. The van der Waals surface area contributed by atoms with E-state index < -0.39 is 0 Å². The van der Waals surface area contributed by atoms with E-state index in [0.29, 0.717) is 17.4 Å². The molecule has 0 amide bonds. The molecule has 0 bridgehead atoms. The molecule has 0 atom stereocenters. The van der Waals surface area contributed by atoms with E-state index in [0.717, 1.165) is 25.9 Å². The smallest absolute Gasteiger partial charge is 0.338 e. The number of rotatable bonds is 3. The number of carbonyl (C=O) groups excluding carboxylic acids is 1. The minimum Gasteiger partial charge on any atom is -0.465 e. The second-order valence-corrected chi connectivity index (χ2v) is 5.88. The van der Waals surface area contributed by atoms with Crippen LogP contribution in [0.3, 0.4) is 0 Å². The molecule has 1 aliphatic heterocycles. The molecular formula is C18H22BNO3S. The average molecular weight is 343 g/mol. The van der Waals surface area contributed by atoms with E-state index in [1.165, 1.54) is 12.7 Å². The highest BCUT2D eigenvalue weighted by Gasteiger charge is 2.18. The lowest BCUT2D eigenvalue weighted by Crippen LogP contribution is -2.43. The molecular weight excluding hydrogens is 321 g/mol. The Morgan fingerprint density at radius 3 is 2.54 bits per heavy atom. The molecule has 6 heteroatoms. The topological polar surface area (TPSA) is 47.6 Å². The van der Waals surface area contributed by atoms with Gasteiger partial charge in [0.25, 0.3) is 0 Å². The van der Waals surface area contributed by atoms with Gasteiger partial charge in [0, 0.05) is 24.5 Å². The number of carbonyl (C=O) groups is 1. The molecule has 2 aromatic rings. The molecule has 1 aliphatic rings. The van der Waals surface area contributed by atoms with Crippen LogP contribution < -0.4 is 5.32 Å². The highest BCUT2D eigenvalue weighted by Crippen LogP contribution is 2.13. The number of thiol groups is 1. The molecule has 4 nitrogen and oxygen atoms in total. The molecule has 1 heterocycles. The third kappa shape index (κ3) is 6.04. The zero-order valence-corrected chi connectivity index (χ0v) is 14.7. The van der Waals surface area contributed by atoms with E-state index in [1.54, 1.807) is 18.2 Å². The van der Waals surface area contributed by atoms with Crippen molar-refractivity contribution in [1.82, 2.24) is 5.32 Å². The van der Waals surface area contributed by atoms with E-state index in [-0.39, 0.29) is 5.97 Å². The number of hydrogen-bond acceptors (Lipinski definition) is 5. The van der Waals surface area contributed by atoms with Gasteiger partial charge in [-0.05, 0) is 18.5 Å². The summed E-state index contributed by atoms with van der Waals surface area (Å²) < 4.78 is 10.1. The summed E-state index contributed by atoms with van der Waals surface area (Å²) in [6, 6.07) is 17.5. The number of ether oxygens (including phenoxy) is 1. The normalized spacial score (nSPS) is 13.7. The lowest BCUT2D eigenvalue weighted by Gasteiger charge is -2.20. The van der Waals surface area contributed by atoms with E-state index in [9.17, 15) is 4.79 Å². The van der Waals surface area contributed by atoms with E-state index >= 15 is 0 Å². The van der Waals surface area contributed by atoms with Gasteiger partial charge in [0.05, 0.1) is 12.7 Å². The predicted octanol–water partition coefficient (Wildman–Crippen LogP) is 2.68. The molecule has 0 saturated carbocycles. The van der Waals surface area contributed by atoms with Crippen LogP contribution in [-0.2, 0) is 15.7 Å². The van der Waals surface area contributed by atoms with Crippen molar-refractivity contribution < 1.29 is 14.2 Å². The Hall–Kier alpha value is -1.76. The number of benzene rings is 2. The molecule has 24 heavy (non-hydrogen) atoms. The summed E-state index contributed by atoms with van der Waals surface area (Å²) in [7, 11) is 1.35. The van der Waals surface area contributed by atoms with E-state index in [2.05, 4.69) is 46.9 Å². The monoisotopic (exact) mass is 343 g/mol. The number of esters is 1. The SMILES string of the molecule is COC(=O)c1ccccc1S.c1ccc(CB2CNCCO2)cc1. The van der Waals surface area contributed by atoms with Gasteiger partial charge in [-0.1, -0.05) is 48.0 Å². The standard InChI is InChI=1S/C10H14BNO.C8H8O2S/c1-2-4-10(5-3-1)8-11-9-12-6-7-13-11;1-10-8(9)6-4-2-3-5-7(6)11/h1-5,12H,6-9H2;2-5,11H,1H3. The molecule has 0 spiro atoms. The highest BCUT2D eigenvalue weighted by atomic mass is 32.1. The van der Waals surface area contributed by atoms with Crippen LogP contribution in [0.2, 0.25) is 0 Å². The summed E-state index contributed by atoms with van der Waals surface area (Å²) >= 11 is 4.09. The molecule has 0 radical (unpaired) electrons. The largest absolute Gasteiger partial charge is 0.465 e. The second kappa shape index (κ2) is 10.2. The fraction of sp³-hybridized carbons (Fsp3) is 0.278. The van der Waals surface area contributed by atoms with Crippen molar-refractivity contribution in [2.24, 2.45) is 0 Å². The molecule has 0 aliphatic carbocycles. The van der Waals surface area contributed by atoms with Crippen molar-refractivity contribution in [2.45, 2.75) is 11.2 Å². The van der Waals surface area contributed by atoms with Crippen molar-refractivity contribution in [3.63, 3.8) is 0 Å². The lowest BCUT2D eigenvalue weighted by molar-refractivity contribution is 0.0597. The van der Waals surface area contributed by atoms with Crippen molar-refractivity contribution in [1.29, 1.82) is 0 Å². The Balaban J connectivity index is 0.000000177. The van der Waals surface area contributed by atoms with Crippen LogP contribution in [0, 0.1) is 0 Å². The van der Waals surface area contributed by atoms with Gasteiger partial charge in [-0.15, -0.1) is 12.6 Å². The molecule has 126 valence electrons. The molecule has 2 aromatic carbocycles. The molecule has 0 unspecified atom stereocenters. The maximum atomic E-state index is 11.0. The van der Waals surface area contributed by atoms with Gasteiger partial charge in [-0.3, -0.25) is 0 Å². The van der Waals surface area contributed by atoms with E-state index in [1.807, 2.05) is 12.1 Å². The first-order valence-electron chi connectivity index (χ1n) is 7.93. The van der Waals surface area contributed by atoms with E-state index in [4.69, 9.17) is 4.65 Å². The van der Waals surface area contributed by atoms with Gasteiger partial charge in [0.2, 0.25) is 0 Å². The van der Waals surface area contributed by atoms with Crippen LogP contribution in [0.5, 0.6) is 0 Å². The maximum absolute atomic E-state index is 11.0. The third-order valence-corrected chi connectivity index (χ3v) is 4.01. The number of nitrogens with one attached hydrogen (secondary N) is 1. The maximum Gasteiger partial charge on any atom is 0.338 e. The number of methoxy groups -OCH3 is 1. The molecule has 1 fully saturated rings. The Kier molecular flexibility index (Phi) is 7.88. The third-order valence-electron chi connectivity index (χ3n) is 3.62. The van der Waals surface area contributed by atoms with Gasteiger partial charge < -0.3 is 14.7 Å². The summed E-state index contributed by atoms with van der Waals surface area (Å²) in [5.74, 6) is -0.351. The zero-order chi connectivity index (χ0) is 17.2. The Bertz CT molecular complexity index is 633. The zero-order valence-electron chi connectivity index (χ0n) is 13.8. The first-order chi connectivity index (χ1) is 11.7. The molecule has 1 N–H and O–H groups in total. The van der Waals surface area contributed by atoms with Crippen LogP contribution in [-0.4, -0.2) is 39.6 Å². The Morgan fingerprint density at radius 2 is 1.92 bits per heavy atom. The summed E-state index contributed by atoms with van der Waals surface area (Å²) in [6.07, 6.45) is 2.00. The van der Waals surface area contributed by atoms with Gasteiger partial charge in [-0.2, -0.15) is 0 Å². The second-order valence-electron chi connectivity index (χ2n) is 5.40. The summed E-state index contributed by atoms with van der Waals surface area (Å²) in [5.41, 5.74) is 1.86. The fourth-order valence-electron chi connectivity index (χ4n) is 2.38. The van der Waals surface area contributed by atoms with Gasteiger partial charge in [-0.25, -0.2) is 4.79 Å². The van der Waals surface area contributed by atoms with Crippen LogP contribution in [0.15, 0.2) is 59.5 Å². The predicted molar refractivity (Wildman–Crippen MR) is 99.8 cm³/mol. The van der Waals surface area contributed by atoms with Crippen LogP contribution in [0.1, 0.15) is 15.9 Å². The molecule has 1 saturated heterocycles. The minimum absolute atomic E-state index is 0.351. The average Bonchev–Trinajstić information content (AvgIpc) is 2.64. The van der Waals surface area contributed by atoms with Crippen LogP contribution in [0.25, 0.3) is 0 Å². The first kappa shape index (κ1) is 18.6. The minimum atomic E-state index is -0.351. The Labute approximate surface area is 149 Å². The summed E-state index contributed by atoms with van der Waals surface area (Å²) in [5, 5.41) is 3.33. The summed E-state index contributed by atoms with van der Waals surface area (Å²) in [4.78, 5) is 11.6. The van der Waals surface area contributed by atoms with Gasteiger partial charge in [0.15, 0.2) is 0 Å². The van der Waals surface area contributed by atoms with Gasteiger partial charge in [0.1, 0.15) is 0 Å². The highest BCUT2D eigenvalue weighted by molar-refractivity contribution is 7.80. The van der Waals surface area contributed by atoms with Crippen LogP contribution in [0.4, 0.5) is 0 Å².